The number of hydrogen-bond donors (Lipinski definition) is 1. The minimum absolute atomic E-state index is 0.262. The number of nitrogens with one attached hydrogen (secondary N) is 1. The van der Waals surface area contributed by atoms with Gasteiger partial charge in [-0.15, -0.1) is 0 Å². The molecule has 1 nitrogen and oxygen atoms in total. The molecule has 1 aliphatic rings. The van der Waals surface area contributed by atoms with Crippen LogP contribution >= 0.6 is 0 Å². The van der Waals surface area contributed by atoms with Gasteiger partial charge in [0.05, 0.1) is 0 Å². The molecular formula is C8H15N. The van der Waals surface area contributed by atoms with Crippen LogP contribution in [-0.4, -0.2) is 6.21 Å². The third kappa shape index (κ3) is 1.54. The van der Waals surface area contributed by atoms with Gasteiger partial charge in [0.25, 0.3) is 0 Å². The molecule has 0 atom stereocenters. The monoisotopic (exact) mass is 125 g/mol. The highest BCUT2D eigenvalue weighted by molar-refractivity contribution is 5.61. The van der Waals surface area contributed by atoms with E-state index in [0.29, 0.717) is 0 Å². The van der Waals surface area contributed by atoms with Crippen LogP contribution < -0.4 is 0 Å². The van der Waals surface area contributed by atoms with Crippen molar-refractivity contribution in [3.05, 3.63) is 0 Å². The first-order chi connectivity index (χ1) is 4.27. The summed E-state index contributed by atoms with van der Waals surface area (Å²) in [7, 11) is 0. The predicted octanol–water partition coefficient (Wildman–Crippen LogP) is 2.61. The highest BCUT2D eigenvalue weighted by Gasteiger charge is 2.23. The summed E-state index contributed by atoms with van der Waals surface area (Å²) in [4.78, 5) is 0. The molecule has 1 N–H and O–H groups in total. The zero-order valence-corrected chi connectivity index (χ0v) is 6.11. The fourth-order valence-electron chi connectivity index (χ4n) is 1.50. The highest BCUT2D eigenvalue weighted by atomic mass is 14.4. The molecule has 1 saturated carbocycles. The van der Waals surface area contributed by atoms with Gasteiger partial charge in [-0.2, -0.15) is 0 Å². The van der Waals surface area contributed by atoms with Gasteiger partial charge in [0.1, 0.15) is 0 Å². The van der Waals surface area contributed by atoms with Crippen molar-refractivity contribution in [2.24, 2.45) is 5.41 Å². The van der Waals surface area contributed by atoms with Gasteiger partial charge in [0, 0.05) is 11.6 Å². The highest BCUT2D eigenvalue weighted by Crippen LogP contribution is 2.33. The predicted molar refractivity (Wildman–Crippen MR) is 40.0 cm³/mol. The third-order valence-corrected chi connectivity index (χ3v) is 2.34. The van der Waals surface area contributed by atoms with Crippen LogP contribution in [0, 0.1) is 10.8 Å². The van der Waals surface area contributed by atoms with Crippen molar-refractivity contribution >= 4 is 6.21 Å². The van der Waals surface area contributed by atoms with Crippen molar-refractivity contribution < 1.29 is 0 Å². The SMILES string of the molecule is CC1(C=N)CCCCC1. The van der Waals surface area contributed by atoms with E-state index in [4.69, 9.17) is 5.41 Å². The number of rotatable bonds is 1. The van der Waals surface area contributed by atoms with Crippen LogP contribution in [0.25, 0.3) is 0 Å². The molecular weight excluding hydrogens is 110 g/mol. The molecule has 0 bridgehead atoms. The maximum absolute atomic E-state index is 7.17. The molecule has 0 aliphatic heterocycles. The summed E-state index contributed by atoms with van der Waals surface area (Å²) in [6.07, 6.45) is 8.13. The fourth-order valence-corrected chi connectivity index (χ4v) is 1.50. The summed E-state index contributed by atoms with van der Waals surface area (Å²) in [5.74, 6) is 0. The summed E-state index contributed by atoms with van der Waals surface area (Å²) < 4.78 is 0. The Labute approximate surface area is 57.0 Å². The van der Waals surface area contributed by atoms with Gasteiger partial charge in [-0.25, -0.2) is 0 Å². The van der Waals surface area contributed by atoms with Gasteiger partial charge < -0.3 is 5.41 Å². The minimum Gasteiger partial charge on any atom is -0.313 e. The van der Waals surface area contributed by atoms with E-state index in [0.717, 1.165) is 0 Å². The molecule has 52 valence electrons. The molecule has 0 aromatic heterocycles. The quantitative estimate of drug-likeness (QED) is 0.521. The van der Waals surface area contributed by atoms with Gasteiger partial charge in [-0.05, 0) is 12.8 Å². The molecule has 0 spiro atoms. The summed E-state index contributed by atoms with van der Waals surface area (Å²) in [5, 5.41) is 7.17. The molecule has 0 heterocycles. The minimum atomic E-state index is 0.262. The van der Waals surface area contributed by atoms with E-state index < -0.39 is 0 Å². The molecule has 0 amide bonds. The third-order valence-electron chi connectivity index (χ3n) is 2.34. The molecule has 0 aromatic carbocycles. The molecule has 9 heavy (non-hydrogen) atoms. The normalized spacial score (nSPS) is 25.4. The topological polar surface area (TPSA) is 23.9 Å². The first kappa shape index (κ1) is 6.79. The van der Waals surface area contributed by atoms with Crippen molar-refractivity contribution in [2.75, 3.05) is 0 Å². The smallest absolute Gasteiger partial charge is 0.00213 e. The molecule has 1 aliphatic carbocycles. The van der Waals surface area contributed by atoms with Crippen LogP contribution in [0.15, 0.2) is 0 Å². The molecule has 1 fully saturated rings. The van der Waals surface area contributed by atoms with E-state index >= 15 is 0 Å². The molecule has 0 aromatic rings. The van der Waals surface area contributed by atoms with E-state index in [2.05, 4.69) is 6.92 Å². The molecule has 1 heteroatoms. The average molecular weight is 125 g/mol. The summed E-state index contributed by atoms with van der Waals surface area (Å²) in [6, 6.07) is 0. The van der Waals surface area contributed by atoms with E-state index in [1.54, 1.807) is 6.21 Å². The second-order valence-electron chi connectivity index (χ2n) is 3.36. The van der Waals surface area contributed by atoms with Crippen LogP contribution in [0.3, 0.4) is 0 Å². The summed E-state index contributed by atoms with van der Waals surface area (Å²) in [6.45, 7) is 2.19. The van der Waals surface area contributed by atoms with Gasteiger partial charge in [-0.1, -0.05) is 26.2 Å². The Kier molecular flexibility index (Phi) is 1.89. The van der Waals surface area contributed by atoms with Crippen molar-refractivity contribution in [1.82, 2.24) is 0 Å². The lowest BCUT2D eigenvalue weighted by atomic mass is 9.77. The van der Waals surface area contributed by atoms with Crippen LogP contribution in [0.4, 0.5) is 0 Å². The number of hydrogen-bond acceptors (Lipinski definition) is 1. The van der Waals surface area contributed by atoms with Crippen molar-refractivity contribution in [3.63, 3.8) is 0 Å². The maximum Gasteiger partial charge on any atom is 0.00213 e. The Hall–Kier alpha value is -0.330. The van der Waals surface area contributed by atoms with E-state index in [-0.39, 0.29) is 5.41 Å². The zero-order valence-electron chi connectivity index (χ0n) is 6.11. The standard InChI is InChI=1S/C8H15N/c1-8(7-9)5-3-2-4-6-8/h7,9H,2-6H2,1H3. The van der Waals surface area contributed by atoms with Gasteiger partial charge in [-0.3, -0.25) is 0 Å². The lowest BCUT2D eigenvalue weighted by Gasteiger charge is -2.28. The summed E-state index contributed by atoms with van der Waals surface area (Å²) in [5.41, 5.74) is 0.262. The van der Waals surface area contributed by atoms with Crippen molar-refractivity contribution in [2.45, 2.75) is 39.0 Å². The van der Waals surface area contributed by atoms with E-state index in [1.807, 2.05) is 0 Å². The van der Waals surface area contributed by atoms with Crippen molar-refractivity contribution in [1.29, 1.82) is 5.41 Å². The van der Waals surface area contributed by atoms with Crippen LogP contribution in [0.5, 0.6) is 0 Å². The van der Waals surface area contributed by atoms with Crippen molar-refractivity contribution in [3.8, 4) is 0 Å². The van der Waals surface area contributed by atoms with E-state index in [1.165, 1.54) is 32.1 Å². The largest absolute Gasteiger partial charge is 0.313 e. The lowest BCUT2D eigenvalue weighted by molar-refractivity contribution is 0.318. The van der Waals surface area contributed by atoms with Crippen LogP contribution in [-0.2, 0) is 0 Å². The maximum atomic E-state index is 7.17. The molecule has 1 rings (SSSR count). The average Bonchev–Trinajstić information content (AvgIpc) is 1.90. The Bertz CT molecular complexity index is 101. The van der Waals surface area contributed by atoms with Gasteiger partial charge in [0.2, 0.25) is 0 Å². The Morgan fingerprint density at radius 3 is 2.11 bits per heavy atom. The van der Waals surface area contributed by atoms with Gasteiger partial charge in [0.15, 0.2) is 0 Å². The molecule has 0 saturated heterocycles. The van der Waals surface area contributed by atoms with Crippen LogP contribution in [0.1, 0.15) is 39.0 Å². The Balaban J connectivity index is 2.46. The first-order valence-electron chi connectivity index (χ1n) is 3.78. The van der Waals surface area contributed by atoms with E-state index in [9.17, 15) is 0 Å². The first-order valence-corrected chi connectivity index (χ1v) is 3.78. The Morgan fingerprint density at radius 1 is 1.22 bits per heavy atom. The molecule has 0 radical (unpaired) electrons. The lowest BCUT2D eigenvalue weighted by Crippen LogP contribution is -2.20. The van der Waals surface area contributed by atoms with Gasteiger partial charge >= 0.3 is 0 Å². The fraction of sp³-hybridized carbons (Fsp3) is 0.875. The second kappa shape index (κ2) is 2.51. The Morgan fingerprint density at radius 2 is 1.78 bits per heavy atom. The summed E-state index contributed by atoms with van der Waals surface area (Å²) >= 11 is 0. The second-order valence-corrected chi connectivity index (χ2v) is 3.36. The zero-order chi connectivity index (χ0) is 6.74. The molecule has 0 unspecified atom stereocenters. The van der Waals surface area contributed by atoms with Crippen LogP contribution in [0.2, 0.25) is 0 Å².